The maximum atomic E-state index is 12.9. The smallest absolute Gasteiger partial charge is 0.357 e. The summed E-state index contributed by atoms with van der Waals surface area (Å²) in [4.78, 5) is 25.4. The van der Waals surface area contributed by atoms with E-state index in [-0.39, 0.29) is 10.7 Å². The van der Waals surface area contributed by atoms with Crippen LogP contribution in [0.3, 0.4) is 0 Å². The highest BCUT2D eigenvalue weighted by Crippen LogP contribution is 2.36. The SMILES string of the molecule is O=C(Nc1ccc(Cl)cc1C(F)(F)F)c1cc(=O)cc[nH]1. The average molecular weight is 317 g/mol. The third kappa shape index (κ3) is 3.63. The van der Waals surface area contributed by atoms with Gasteiger partial charge in [0, 0.05) is 23.4 Å². The Labute approximate surface area is 121 Å². The molecule has 21 heavy (non-hydrogen) atoms. The van der Waals surface area contributed by atoms with Crippen LogP contribution in [-0.4, -0.2) is 10.9 Å². The van der Waals surface area contributed by atoms with Crippen molar-refractivity contribution in [2.24, 2.45) is 0 Å². The van der Waals surface area contributed by atoms with E-state index >= 15 is 0 Å². The van der Waals surface area contributed by atoms with E-state index in [1.165, 1.54) is 18.3 Å². The summed E-state index contributed by atoms with van der Waals surface area (Å²) in [6.07, 6.45) is -3.44. The summed E-state index contributed by atoms with van der Waals surface area (Å²) in [5.74, 6) is -0.861. The lowest BCUT2D eigenvalue weighted by atomic mass is 10.1. The molecule has 1 aromatic heterocycles. The van der Waals surface area contributed by atoms with E-state index in [4.69, 9.17) is 11.6 Å². The molecule has 1 aromatic carbocycles. The van der Waals surface area contributed by atoms with Crippen LogP contribution in [0.15, 0.2) is 41.3 Å². The highest BCUT2D eigenvalue weighted by atomic mass is 35.5. The Balaban J connectivity index is 2.36. The molecule has 0 bridgehead atoms. The molecule has 110 valence electrons. The molecule has 0 fully saturated rings. The summed E-state index contributed by atoms with van der Waals surface area (Å²) in [7, 11) is 0. The Morgan fingerprint density at radius 2 is 1.90 bits per heavy atom. The second kappa shape index (κ2) is 5.61. The van der Waals surface area contributed by atoms with E-state index in [0.29, 0.717) is 6.07 Å². The van der Waals surface area contributed by atoms with Crippen molar-refractivity contribution in [1.29, 1.82) is 0 Å². The molecule has 0 spiro atoms. The number of aromatic amines is 1. The number of benzene rings is 1. The van der Waals surface area contributed by atoms with E-state index in [2.05, 4.69) is 10.3 Å². The molecule has 1 amide bonds. The summed E-state index contributed by atoms with van der Waals surface area (Å²) < 4.78 is 38.6. The van der Waals surface area contributed by atoms with Gasteiger partial charge in [0.25, 0.3) is 5.91 Å². The minimum absolute atomic E-state index is 0.103. The van der Waals surface area contributed by atoms with Gasteiger partial charge in [0.15, 0.2) is 5.43 Å². The molecule has 2 N–H and O–H groups in total. The zero-order valence-corrected chi connectivity index (χ0v) is 11.0. The van der Waals surface area contributed by atoms with Gasteiger partial charge in [-0.3, -0.25) is 9.59 Å². The lowest BCUT2D eigenvalue weighted by Crippen LogP contribution is -2.19. The van der Waals surface area contributed by atoms with Crippen LogP contribution in [0, 0.1) is 0 Å². The van der Waals surface area contributed by atoms with Crippen LogP contribution >= 0.6 is 11.6 Å². The number of hydrogen-bond donors (Lipinski definition) is 2. The van der Waals surface area contributed by atoms with E-state index in [9.17, 15) is 22.8 Å². The fourth-order valence-corrected chi connectivity index (χ4v) is 1.80. The minimum Gasteiger partial charge on any atom is -0.357 e. The highest BCUT2D eigenvalue weighted by molar-refractivity contribution is 6.30. The minimum atomic E-state index is -4.67. The van der Waals surface area contributed by atoms with Crippen molar-refractivity contribution >= 4 is 23.2 Å². The van der Waals surface area contributed by atoms with E-state index < -0.39 is 28.8 Å². The number of carbonyl (C=O) groups is 1. The standard InChI is InChI=1S/C13H8ClF3N2O2/c14-7-1-2-10(9(5-7)13(15,16)17)19-12(21)11-6-8(20)3-4-18-11/h1-6H,(H,18,20)(H,19,21). The van der Waals surface area contributed by atoms with E-state index in [1.807, 2.05) is 0 Å². The Bertz CT molecular complexity index is 741. The molecule has 0 radical (unpaired) electrons. The third-order valence-corrected chi connectivity index (χ3v) is 2.79. The van der Waals surface area contributed by atoms with Gasteiger partial charge in [0.2, 0.25) is 0 Å². The van der Waals surface area contributed by atoms with Gasteiger partial charge >= 0.3 is 6.18 Å². The number of amides is 1. The molecule has 0 unspecified atom stereocenters. The van der Waals surface area contributed by atoms with Gasteiger partial charge in [-0.1, -0.05) is 11.6 Å². The lowest BCUT2D eigenvalue weighted by Gasteiger charge is -2.14. The Morgan fingerprint density at radius 3 is 2.52 bits per heavy atom. The second-order valence-corrected chi connectivity index (χ2v) is 4.52. The van der Waals surface area contributed by atoms with Crippen LogP contribution in [0.1, 0.15) is 16.1 Å². The maximum Gasteiger partial charge on any atom is 0.418 e. The van der Waals surface area contributed by atoms with Gasteiger partial charge in [-0.15, -0.1) is 0 Å². The van der Waals surface area contributed by atoms with Crippen LogP contribution in [0.2, 0.25) is 5.02 Å². The molecule has 0 aliphatic carbocycles. The number of halogens is 4. The molecule has 2 aromatic rings. The summed E-state index contributed by atoms with van der Waals surface area (Å²) in [6, 6.07) is 5.15. The number of carbonyl (C=O) groups excluding carboxylic acids is 1. The Kier molecular flexibility index (Phi) is 4.04. The molecule has 0 aliphatic rings. The van der Waals surface area contributed by atoms with Gasteiger partial charge in [-0.05, 0) is 18.2 Å². The first kappa shape index (κ1) is 15.1. The molecule has 1 heterocycles. The van der Waals surface area contributed by atoms with Crippen LogP contribution in [0.25, 0.3) is 0 Å². The van der Waals surface area contributed by atoms with Crippen molar-refractivity contribution in [3.63, 3.8) is 0 Å². The second-order valence-electron chi connectivity index (χ2n) is 4.08. The fourth-order valence-electron chi connectivity index (χ4n) is 1.63. The van der Waals surface area contributed by atoms with Crippen molar-refractivity contribution < 1.29 is 18.0 Å². The van der Waals surface area contributed by atoms with Crippen LogP contribution in [-0.2, 0) is 6.18 Å². The molecule has 0 atom stereocenters. The molecule has 0 saturated heterocycles. The molecule has 8 heteroatoms. The lowest BCUT2D eigenvalue weighted by molar-refractivity contribution is -0.136. The van der Waals surface area contributed by atoms with Crippen LogP contribution < -0.4 is 10.7 Å². The number of alkyl halides is 3. The predicted octanol–water partition coefficient (Wildman–Crippen LogP) is 3.30. The Morgan fingerprint density at radius 1 is 1.19 bits per heavy atom. The number of pyridine rings is 1. The van der Waals surface area contributed by atoms with E-state index in [1.54, 1.807) is 0 Å². The van der Waals surface area contributed by atoms with Gasteiger partial charge in [-0.2, -0.15) is 13.2 Å². The van der Waals surface area contributed by atoms with Gasteiger partial charge in [0.1, 0.15) is 5.69 Å². The normalized spacial score (nSPS) is 11.2. The van der Waals surface area contributed by atoms with Crippen molar-refractivity contribution in [3.05, 3.63) is 63.0 Å². The summed E-state index contributed by atoms with van der Waals surface area (Å²) in [5, 5.41) is 2.00. The first-order valence-corrected chi connectivity index (χ1v) is 6.02. The largest absolute Gasteiger partial charge is 0.418 e. The average Bonchev–Trinajstić information content (AvgIpc) is 2.39. The van der Waals surface area contributed by atoms with E-state index in [0.717, 1.165) is 12.1 Å². The molecule has 2 rings (SSSR count). The Hall–Kier alpha value is -2.28. The maximum absolute atomic E-state index is 12.9. The summed E-state index contributed by atoms with van der Waals surface area (Å²) in [6.45, 7) is 0. The topological polar surface area (TPSA) is 62.0 Å². The monoisotopic (exact) mass is 316 g/mol. The van der Waals surface area contributed by atoms with Crippen molar-refractivity contribution in [2.45, 2.75) is 6.18 Å². The molecule has 0 saturated carbocycles. The van der Waals surface area contributed by atoms with Crippen LogP contribution in [0.4, 0.5) is 18.9 Å². The van der Waals surface area contributed by atoms with Gasteiger partial charge < -0.3 is 10.3 Å². The van der Waals surface area contributed by atoms with Gasteiger partial charge in [-0.25, -0.2) is 0 Å². The van der Waals surface area contributed by atoms with Crippen molar-refractivity contribution in [3.8, 4) is 0 Å². The highest BCUT2D eigenvalue weighted by Gasteiger charge is 2.34. The molecule has 4 nitrogen and oxygen atoms in total. The van der Waals surface area contributed by atoms with Gasteiger partial charge in [0.05, 0.1) is 11.3 Å². The van der Waals surface area contributed by atoms with Crippen molar-refractivity contribution in [1.82, 2.24) is 4.98 Å². The summed E-state index contributed by atoms with van der Waals surface area (Å²) >= 11 is 5.54. The fraction of sp³-hybridized carbons (Fsp3) is 0.0769. The number of hydrogen-bond acceptors (Lipinski definition) is 2. The third-order valence-electron chi connectivity index (χ3n) is 2.55. The molecule has 0 aliphatic heterocycles. The number of aromatic nitrogens is 1. The number of anilines is 1. The van der Waals surface area contributed by atoms with Crippen molar-refractivity contribution in [2.75, 3.05) is 5.32 Å². The first-order chi connectivity index (χ1) is 9.77. The zero-order chi connectivity index (χ0) is 15.6. The number of rotatable bonds is 2. The van der Waals surface area contributed by atoms with Crippen LogP contribution in [0.5, 0.6) is 0 Å². The summed E-state index contributed by atoms with van der Waals surface area (Å²) in [5.41, 5.74) is -2.10. The number of nitrogens with one attached hydrogen (secondary N) is 2. The first-order valence-electron chi connectivity index (χ1n) is 5.64. The number of H-pyrrole nitrogens is 1. The quantitative estimate of drug-likeness (QED) is 0.893. The molecular weight excluding hydrogens is 309 g/mol. The molecular formula is C13H8ClF3N2O2. The predicted molar refractivity (Wildman–Crippen MR) is 71.5 cm³/mol. The zero-order valence-electron chi connectivity index (χ0n) is 10.3.